The van der Waals surface area contributed by atoms with Crippen molar-refractivity contribution < 1.29 is 14.3 Å². The summed E-state index contributed by atoms with van der Waals surface area (Å²) in [4.78, 5) is 28.8. The zero-order valence-corrected chi connectivity index (χ0v) is 16.1. The van der Waals surface area contributed by atoms with Crippen LogP contribution >= 0.6 is 0 Å². The molecule has 0 unspecified atom stereocenters. The van der Waals surface area contributed by atoms with E-state index >= 15 is 0 Å². The molecule has 1 aromatic carbocycles. The molecule has 1 fully saturated rings. The number of aryl methyl sites for hydroxylation is 2. The molecule has 1 aromatic heterocycles. The zero-order valence-electron chi connectivity index (χ0n) is 16.1. The van der Waals surface area contributed by atoms with E-state index in [9.17, 15) is 9.59 Å². The summed E-state index contributed by atoms with van der Waals surface area (Å²) in [6.45, 7) is 4.98. The van der Waals surface area contributed by atoms with Gasteiger partial charge in [-0.05, 0) is 26.0 Å². The van der Waals surface area contributed by atoms with Gasteiger partial charge in [-0.15, -0.1) is 0 Å². The lowest BCUT2D eigenvalue weighted by Crippen LogP contribution is -2.57. The minimum atomic E-state index is -0.403. The minimum absolute atomic E-state index is 0.0489. The Morgan fingerprint density at radius 2 is 2.07 bits per heavy atom. The first kappa shape index (κ1) is 18.9. The van der Waals surface area contributed by atoms with E-state index in [1.54, 1.807) is 16.7 Å². The number of carbonyl (C=O) groups excluding carboxylic acids is 2. The first-order valence-corrected chi connectivity index (χ1v) is 8.89. The van der Waals surface area contributed by atoms with Crippen molar-refractivity contribution in [1.82, 2.24) is 14.7 Å². The maximum Gasteiger partial charge on any atom is 0.244 e. The summed E-state index contributed by atoms with van der Waals surface area (Å²) in [5, 5.41) is 7.02. The fraction of sp³-hybridized carbons (Fsp3) is 0.421. The molecule has 1 aliphatic heterocycles. The summed E-state index contributed by atoms with van der Waals surface area (Å²) in [7, 11) is 3.41. The van der Waals surface area contributed by atoms with Gasteiger partial charge in [0.05, 0.1) is 25.4 Å². The summed E-state index contributed by atoms with van der Waals surface area (Å²) in [5.41, 5.74) is 1.71. The molecule has 8 heteroatoms. The van der Waals surface area contributed by atoms with Crippen LogP contribution in [0.15, 0.2) is 30.3 Å². The molecule has 1 aliphatic rings. The number of rotatable bonds is 5. The molecule has 0 aliphatic carbocycles. The number of nitrogens with one attached hydrogen (secondary N) is 1. The van der Waals surface area contributed by atoms with Gasteiger partial charge in [-0.3, -0.25) is 19.2 Å². The highest BCUT2D eigenvalue weighted by Crippen LogP contribution is 2.30. The van der Waals surface area contributed by atoms with Crippen LogP contribution in [0.1, 0.15) is 12.6 Å². The van der Waals surface area contributed by atoms with Gasteiger partial charge in [0.25, 0.3) is 0 Å². The van der Waals surface area contributed by atoms with Crippen LogP contribution in [0, 0.1) is 6.92 Å². The number of ether oxygens (including phenoxy) is 1. The van der Waals surface area contributed by atoms with E-state index in [4.69, 9.17) is 4.74 Å². The fourth-order valence-corrected chi connectivity index (χ4v) is 3.21. The van der Waals surface area contributed by atoms with Crippen LogP contribution in [0.4, 0.5) is 11.5 Å². The predicted octanol–water partition coefficient (Wildman–Crippen LogP) is 1.41. The number of benzene rings is 1. The lowest BCUT2D eigenvalue weighted by atomic mass is 10.1. The molecule has 0 saturated carbocycles. The third-order valence-electron chi connectivity index (χ3n) is 4.89. The number of aromatic nitrogens is 2. The van der Waals surface area contributed by atoms with Gasteiger partial charge in [-0.25, -0.2) is 0 Å². The Kier molecular flexibility index (Phi) is 5.46. The standard InChI is InChI=1S/C19H25N5O3/c1-13-11-17(21-22(13)3)20-18(25)12-23-9-10-24(19(26)14(23)2)15-7-5-6-8-16(15)27-4/h5-8,11,14H,9-10,12H2,1-4H3,(H,20,21,25)/t14-/m0/s1. The SMILES string of the molecule is COc1ccccc1N1CCN(CC(=O)Nc2cc(C)n(C)n2)[C@@H](C)C1=O. The van der Waals surface area contributed by atoms with Crippen molar-refractivity contribution in [2.45, 2.75) is 19.9 Å². The molecule has 2 amide bonds. The van der Waals surface area contributed by atoms with Gasteiger partial charge in [-0.1, -0.05) is 12.1 Å². The topological polar surface area (TPSA) is 79.7 Å². The van der Waals surface area contributed by atoms with Crippen molar-refractivity contribution >= 4 is 23.3 Å². The molecular weight excluding hydrogens is 346 g/mol. The quantitative estimate of drug-likeness (QED) is 0.860. The average molecular weight is 371 g/mol. The normalized spacial score (nSPS) is 17.9. The number of hydrogen-bond donors (Lipinski definition) is 1. The molecule has 0 radical (unpaired) electrons. The van der Waals surface area contributed by atoms with Crippen molar-refractivity contribution in [3.8, 4) is 5.75 Å². The summed E-state index contributed by atoms with van der Waals surface area (Å²) in [6, 6.07) is 8.86. The Labute approximate surface area is 158 Å². The Bertz CT molecular complexity index is 828. The van der Waals surface area contributed by atoms with Crippen molar-refractivity contribution in [2.75, 3.05) is 37.0 Å². The van der Waals surface area contributed by atoms with Gasteiger partial charge in [0.2, 0.25) is 11.8 Å². The van der Waals surface area contributed by atoms with Gasteiger partial charge in [0.15, 0.2) is 5.82 Å². The van der Waals surface area contributed by atoms with E-state index < -0.39 is 6.04 Å². The zero-order chi connectivity index (χ0) is 19.6. The van der Waals surface area contributed by atoms with E-state index in [-0.39, 0.29) is 18.4 Å². The molecule has 0 spiro atoms. The Morgan fingerprint density at radius 3 is 2.74 bits per heavy atom. The van der Waals surface area contributed by atoms with Crippen molar-refractivity contribution in [3.05, 3.63) is 36.0 Å². The van der Waals surface area contributed by atoms with Crippen molar-refractivity contribution in [2.24, 2.45) is 7.05 Å². The third-order valence-corrected chi connectivity index (χ3v) is 4.89. The molecule has 1 N–H and O–H groups in total. The summed E-state index contributed by atoms with van der Waals surface area (Å²) >= 11 is 0. The predicted molar refractivity (Wildman–Crippen MR) is 103 cm³/mol. The molecule has 1 atom stereocenters. The molecule has 27 heavy (non-hydrogen) atoms. The number of hydrogen-bond acceptors (Lipinski definition) is 5. The van der Waals surface area contributed by atoms with Gasteiger partial charge in [0.1, 0.15) is 5.75 Å². The number of para-hydroxylation sites is 2. The van der Waals surface area contributed by atoms with E-state index in [2.05, 4.69) is 10.4 Å². The Balaban J connectivity index is 1.65. The fourth-order valence-electron chi connectivity index (χ4n) is 3.21. The van der Waals surface area contributed by atoms with E-state index in [0.717, 1.165) is 11.4 Å². The Hall–Kier alpha value is -2.87. The molecule has 1 saturated heterocycles. The number of methoxy groups -OCH3 is 1. The number of anilines is 2. The molecular formula is C19H25N5O3. The van der Waals surface area contributed by atoms with Crippen LogP contribution in [0.25, 0.3) is 0 Å². The number of amides is 2. The minimum Gasteiger partial charge on any atom is -0.495 e. The van der Waals surface area contributed by atoms with E-state index in [1.165, 1.54) is 0 Å². The van der Waals surface area contributed by atoms with Crippen LogP contribution in [0.5, 0.6) is 5.75 Å². The van der Waals surface area contributed by atoms with Crippen LogP contribution in [0.2, 0.25) is 0 Å². The van der Waals surface area contributed by atoms with Crippen LogP contribution < -0.4 is 15.0 Å². The van der Waals surface area contributed by atoms with Gasteiger partial charge in [-0.2, -0.15) is 5.10 Å². The van der Waals surface area contributed by atoms with Crippen LogP contribution in [-0.2, 0) is 16.6 Å². The van der Waals surface area contributed by atoms with Crippen molar-refractivity contribution in [3.63, 3.8) is 0 Å². The maximum absolute atomic E-state index is 12.9. The highest BCUT2D eigenvalue weighted by atomic mass is 16.5. The molecule has 8 nitrogen and oxygen atoms in total. The maximum atomic E-state index is 12.9. The first-order chi connectivity index (χ1) is 12.9. The smallest absolute Gasteiger partial charge is 0.244 e. The lowest BCUT2D eigenvalue weighted by molar-refractivity contribution is -0.127. The highest BCUT2D eigenvalue weighted by Gasteiger charge is 2.34. The average Bonchev–Trinajstić information content (AvgIpc) is 2.96. The number of nitrogens with zero attached hydrogens (tertiary/aromatic N) is 4. The third kappa shape index (κ3) is 3.95. The van der Waals surface area contributed by atoms with Gasteiger partial charge in [0, 0.05) is 31.9 Å². The van der Waals surface area contributed by atoms with E-state index in [1.807, 2.05) is 56.1 Å². The second-order valence-electron chi connectivity index (χ2n) is 6.65. The molecule has 144 valence electrons. The monoisotopic (exact) mass is 371 g/mol. The Morgan fingerprint density at radius 1 is 1.33 bits per heavy atom. The second kappa shape index (κ2) is 7.79. The summed E-state index contributed by atoms with van der Waals surface area (Å²) < 4.78 is 7.07. The number of piperazine rings is 1. The highest BCUT2D eigenvalue weighted by molar-refractivity contribution is 5.99. The molecule has 2 aromatic rings. The molecule has 2 heterocycles. The molecule has 3 rings (SSSR count). The first-order valence-electron chi connectivity index (χ1n) is 8.89. The van der Waals surface area contributed by atoms with Crippen molar-refractivity contribution in [1.29, 1.82) is 0 Å². The largest absolute Gasteiger partial charge is 0.495 e. The molecule has 0 bridgehead atoms. The summed E-state index contributed by atoms with van der Waals surface area (Å²) in [6.07, 6.45) is 0. The summed E-state index contributed by atoms with van der Waals surface area (Å²) in [5.74, 6) is 0.951. The number of carbonyl (C=O) groups is 2. The van der Waals surface area contributed by atoms with Gasteiger partial charge < -0.3 is 15.0 Å². The van der Waals surface area contributed by atoms with Gasteiger partial charge >= 0.3 is 0 Å². The van der Waals surface area contributed by atoms with Crippen LogP contribution in [-0.4, -0.2) is 59.3 Å². The lowest BCUT2D eigenvalue weighted by Gasteiger charge is -2.39. The van der Waals surface area contributed by atoms with E-state index in [0.29, 0.717) is 24.7 Å². The van der Waals surface area contributed by atoms with Crippen LogP contribution in [0.3, 0.4) is 0 Å². The second-order valence-corrected chi connectivity index (χ2v) is 6.65.